The molecule has 13 heavy (non-hydrogen) atoms. The Hall–Kier alpha value is -0.380. The molecule has 0 aromatic carbocycles. The zero-order chi connectivity index (χ0) is 9.52. The van der Waals surface area contributed by atoms with Crippen LogP contribution in [-0.2, 0) is 6.54 Å². The number of halogens is 1. The van der Waals surface area contributed by atoms with E-state index in [0.717, 1.165) is 18.1 Å². The topological polar surface area (TPSA) is 24.9 Å². The van der Waals surface area contributed by atoms with Gasteiger partial charge in [-0.05, 0) is 6.92 Å². The molecule has 0 atom stereocenters. The molecule has 0 fully saturated rings. The molecule has 0 aliphatic heterocycles. The molecule has 2 nitrogen and oxygen atoms in total. The average molecular weight is 217 g/mol. The number of alkyl halides is 1. The fourth-order valence-electron chi connectivity index (χ4n) is 0.912. The largest absolute Gasteiger partial charge is 0.308 e. The molecule has 0 radical (unpaired) electrons. The van der Waals surface area contributed by atoms with Crippen molar-refractivity contribution in [1.82, 2.24) is 10.3 Å². The van der Waals surface area contributed by atoms with Crippen LogP contribution in [0.5, 0.6) is 0 Å². The number of allylic oxidation sites excluding steroid dienone is 1. The molecular weight excluding hydrogens is 204 g/mol. The van der Waals surface area contributed by atoms with Crippen molar-refractivity contribution >= 4 is 22.9 Å². The number of nitrogens with zero attached hydrogens (tertiary/aromatic N) is 1. The number of rotatable bonds is 5. The summed E-state index contributed by atoms with van der Waals surface area (Å²) in [7, 11) is 0. The normalized spacial score (nSPS) is 11.2. The van der Waals surface area contributed by atoms with Crippen molar-refractivity contribution in [2.75, 3.05) is 12.4 Å². The van der Waals surface area contributed by atoms with Crippen LogP contribution in [-0.4, -0.2) is 17.4 Å². The molecular formula is C9H13ClN2S. The SMILES string of the molecule is Cc1ncc(CNC/C=C/CCl)s1. The second-order valence-corrected chi connectivity index (χ2v) is 4.23. The molecule has 1 rings (SSSR count). The van der Waals surface area contributed by atoms with Gasteiger partial charge < -0.3 is 5.32 Å². The highest BCUT2D eigenvalue weighted by molar-refractivity contribution is 7.11. The highest BCUT2D eigenvalue weighted by Gasteiger charge is 1.95. The predicted octanol–water partition coefficient (Wildman–Crippen LogP) is 2.34. The average Bonchev–Trinajstić information content (AvgIpc) is 2.51. The van der Waals surface area contributed by atoms with Crippen LogP contribution in [0.15, 0.2) is 18.3 Å². The molecule has 0 aliphatic carbocycles. The van der Waals surface area contributed by atoms with Gasteiger partial charge >= 0.3 is 0 Å². The molecule has 4 heteroatoms. The molecule has 0 saturated carbocycles. The molecule has 0 bridgehead atoms. The predicted molar refractivity (Wildman–Crippen MR) is 58.4 cm³/mol. The Morgan fingerprint density at radius 2 is 2.46 bits per heavy atom. The van der Waals surface area contributed by atoms with Gasteiger partial charge in [-0.2, -0.15) is 0 Å². The Morgan fingerprint density at radius 1 is 1.62 bits per heavy atom. The standard InChI is InChI=1S/C9H13ClN2S/c1-8-12-7-9(13-8)6-11-5-3-2-4-10/h2-3,7,11H,4-6H2,1H3/b3-2+. The zero-order valence-electron chi connectivity index (χ0n) is 7.59. The highest BCUT2D eigenvalue weighted by atomic mass is 35.5. The molecule has 1 aromatic rings. The van der Waals surface area contributed by atoms with E-state index >= 15 is 0 Å². The monoisotopic (exact) mass is 216 g/mol. The third-order valence-electron chi connectivity index (χ3n) is 1.49. The summed E-state index contributed by atoms with van der Waals surface area (Å²) < 4.78 is 0. The van der Waals surface area contributed by atoms with Crippen LogP contribution >= 0.6 is 22.9 Å². The summed E-state index contributed by atoms with van der Waals surface area (Å²) in [5.74, 6) is 0.585. The molecule has 1 heterocycles. The summed E-state index contributed by atoms with van der Waals surface area (Å²) in [4.78, 5) is 5.45. The summed E-state index contributed by atoms with van der Waals surface area (Å²) in [5.41, 5.74) is 0. The first-order valence-electron chi connectivity index (χ1n) is 4.16. The Balaban J connectivity index is 2.16. The fraction of sp³-hybridized carbons (Fsp3) is 0.444. The minimum Gasteiger partial charge on any atom is -0.308 e. The number of hydrogen-bond donors (Lipinski definition) is 1. The Morgan fingerprint density at radius 3 is 3.08 bits per heavy atom. The Kier molecular flexibility index (Phi) is 5.05. The van der Waals surface area contributed by atoms with Crippen molar-refractivity contribution in [3.05, 3.63) is 28.2 Å². The van der Waals surface area contributed by atoms with Crippen LogP contribution in [0.2, 0.25) is 0 Å². The summed E-state index contributed by atoms with van der Waals surface area (Å²) in [6.45, 7) is 3.77. The zero-order valence-corrected chi connectivity index (χ0v) is 9.16. The third kappa shape index (κ3) is 4.41. The van der Waals surface area contributed by atoms with Gasteiger partial charge in [-0.15, -0.1) is 22.9 Å². The van der Waals surface area contributed by atoms with E-state index in [1.165, 1.54) is 4.88 Å². The summed E-state index contributed by atoms with van der Waals surface area (Å²) in [6, 6.07) is 0. The van der Waals surface area contributed by atoms with Crippen LogP contribution in [0.25, 0.3) is 0 Å². The summed E-state index contributed by atoms with van der Waals surface area (Å²) in [6.07, 6.45) is 5.88. The van der Waals surface area contributed by atoms with Gasteiger partial charge in [0.05, 0.1) is 5.01 Å². The minimum absolute atomic E-state index is 0.585. The fourth-order valence-corrected chi connectivity index (χ4v) is 1.80. The lowest BCUT2D eigenvalue weighted by molar-refractivity contribution is 0.768. The molecule has 0 saturated heterocycles. The number of hydrogen-bond acceptors (Lipinski definition) is 3. The molecule has 1 N–H and O–H groups in total. The van der Waals surface area contributed by atoms with Crippen molar-refractivity contribution in [1.29, 1.82) is 0 Å². The lowest BCUT2D eigenvalue weighted by Gasteiger charge is -1.96. The number of nitrogens with one attached hydrogen (secondary N) is 1. The van der Waals surface area contributed by atoms with Gasteiger partial charge in [-0.25, -0.2) is 4.98 Å². The molecule has 0 aliphatic rings. The maximum atomic E-state index is 5.48. The van der Waals surface area contributed by atoms with Crippen molar-refractivity contribution in [3.63, 3.8) is 0 Å². The second kappa shape index (κ2) is 6.13. The van der Waals surface area contributed by atoms with Crippen LogP contribution in [0.4, 0.5) is 0 Å². The molecule has 0 spiro atoms. The Bertz CT molecular complexity index is 270. The van der Waals surface area contributed by atoms with E-state index < -0.39 is 0 Å². The van der Waals surface area contributed by atoms with E-state index in [9.17, 15) is 0 Å². The van der Waals surface area contributed by atoms with Gasteiger partial charge in [0.2, 0.25) is 0 Å². The van der Waals surface area contributed by atoms with E-state index in [2.05, 4.69) is 10.3 Å². The first-order chi connectivity index (χ1) is 6.33. The van der Waals surface area contributed by atoms with E-state index in [4.69, 9.17) is 11.6 Å². The minimum atomic E-state index is 0.585. The second-order valence-electron chi connectivity index (χ2n) is 2.60. The first kappa shape index (κ1) is 10.7. The van der Waals surface area contributed by atoms with Crippen LogP contribution in [0, 0.1) is 6.92 Å². The Labute approximate surface area is 87.6 Å². The van der Waals surface area contributed by atoms with Gasteiger partial charge in [-0.3, -0.25) is 0 Å². The molecule has 72 valence electrons. The lowest BCUT2D eigenvalue weighted by atomic mass is 10.5. The molecule has 0 unspecified atom stereocenters. The van der Waals surface area contributed by atoms with Gasteiger partial charge in [-0.1, -0.05) is 12.2 Å². The number of thiazole rings is 1. The summed E-state index contributed by atoms with van der Waals surface area (Å²) >= 11 is 7.21. The van der Waals surface area contributed by atoms with Crippen molar-refractivity contribution in [3.8, 4) is 0 Å². The quantitative estimate of drug-likeness (QED) is 0.464. The number of aryl methyl sites for hydroxylation is 1. The third-order valence-corrected chi connectivity index (χ3v) is 2.58. The first-order valence-corrected chi connectivity index (χ1v) is 5.51. The summed E-state index contributed by atoms with van der Waals surface area (Å²) in [5, 5.41) is 4.39. The van der Waals surface area contributed by atoms with E-state index in [0.29, 0.717) is 5.88 Å². The van der Waals surface area contributed by atoms with Crippen LogP contribution < -0.4 is 5.32 Å². The van der Waals surface area contributed by atoms with Crippen LogP contribution in [0.3, 0.4) is 0 Å². The van der Waals surface area contributed by atoms with Gasteiger partial charge in [0.1, 0.15) is 0 Å². The van der Waals surface area contributed by atoms with Gasteiger partial charge in [0, 0.05) is 30.0 Å². The van der Waals surface area contributed by atoms with Gasteiger partial charge in [0.15, 0.2) is 0 Å². The maximum Gasteiger partial charge on any atom is 0.0897 e. The highest BCUT2D eigenvalue weighted by Crippen LogP contribution is 2.10. The van der Waals surface area contributed by atoms with E-state index in [-0.39, 0.29) is 0 Å². The van der Waals surface area contributed by atoms with Crippen molar-refractivity contribution in [2.45, 2.75) is 13.5 Å². The maximum absolute atomic E-state index is 5.48. The van der Waals surface area contributed by atoms with Crippen LogP contribution in [0.1, 0.15) is 9.88 Å². The van der Waals surface area contributed by atoms with Crippen molar-refractivity contribution in [2.24, 2.45) is 0 Å². The lowest BCUT2D eigenvalue weighted by Crippen LogP contribution is -2.11. The van der Waals surface area contributed by atoms with E-state index in [1.807, 2.05) is 25.3 Å². The van der Waals surface area contributed by atoms with Crippen molar-refractivity contribution < 1.29 is 0 Å². The number of aromatic nitrogens is 1. The van der Waals surface area contributed by atoms with E-state index in [1.54, 1.807) is 11.3 Å². The smallest absolute Gasteiger partial charge is 0.0897 e. The molecule has 1 aromatic heterocycles. The van der Waals surface area contributed by atoms with Gasteiger partial charge in [0.25, 0.3) is 0 Å². The molecule has 0 amide bonds.